The number of fused-ring (bicyclic) bond motifs is 1. The van der Waals surface area contributed by atoms with Crippen LogP contribution in [0.4, 0.5) is 0 Å². The van der Waals surface area contributed by atoms with Crippen LogP contribution in [-0.4, -0.2) is 21.5 Å². The SMILES string of the molecule is CCCCSC1(SCCCC)N=C(N)C2(C#N)C(c3ccc(C#N)cc3)C12C#N. The smallest absolute Gasteiger partial charge is 0.175 e. The number of amidine groups is 1. The number of hydrogen-bond donors (Lipinski definition) is 1. The van der Waals surface area contributed by atoms with E-state index in [0.29, 0.717) is 5.56 Å². The van der Waals surface area contributed by atoms with Gasteiger partial charge >= 0.3 is 0 Å². The Hall–Kier alpha value is -2.14. The Morgan fingerprint density at radius 2 is 1.59 bits per heavy atom. The standard InChI is InChI=1S/C22H25N5S2/c1-3-5-11-28-22(29-12-6-4-2)21(15-25)18(20(21,14-24)19(26)27-22)17-9-7-16(13-23)8-10-17/h7-10,18H,3-6,11-12H2,1-2H3,(H2,26,27). The molecule has 2 aliphatic rings. The van der Waals surface area contributed by atoms with Crippen molar-refractivity contribution in [2.75, 3.05) is 11.5 Å². The van der Waals surface area contributed by atoms with Crippen LogP contribution in [0.25, 0.3) is 0 Å². The van der Waals surface area contributed by atoms with Gasteiger partial charge in [0.15, 0.2) is 4.20 Å². The summed E-state index contributed by atoms with van der Waals surface area (Å²) >= 11 is 3.35. The van der Waals surface area contributed by atoms with E-state index in [4.69, 9.17) is 16.0 Å². The van der Waals surface area contributed by atoms with Crippen molar-refractivity contribution in [3.8, 4) is 18.2 Å². The molecule has 150 valence electrons. The van der Waals surface area contributed by atoms with Gasteiger partial charge in [-0.3, -0.25) is 0 Å². The molecule has 1 heterocycles. The van der Waals surface area contributed by atoms with Crippen LogP contribution in [0, 0.1) is 44.8 Å². The molecule has 1 aromatic carbocycles. The molecule has 0 radical (unpaired) electrons. The zero-order valence-electron chi connectivity index (χ0n) is 16.8. The molecule has 0 spiro atoms. The third-order valence-corrected chi connectivity index (χ3v) is 9.19. The lowest BCUT2D eigenvalue weighted by atomic mass is 9.97. The predicted molar refractivity (Wildman–Crippen MR) is 119 cm³/mol. The number of nitrogens with zero attached hydrogens (tertiary/aromatic N) is 4. The van der Waals surface area contributed by atoms with Gasteiger partial charge in [-0.2, -0.15) is 15.8 Å². The summed E-state index contributed by atoms with van der Waals surface area (Å²) in [6, 6.07) is 14.2. The first-order valence-corrected chi connectivity index (χ1v) is 12.0. The van der Waals surface area contributed by atoms with Crippen LogP contribution < -0.4 is 5.73 Å². The molecule has 1 saturated carbocycles. The van der Waals surface area contributed by atoms with Crippen LogP contribution in [0.3, 0.4) is 0 Å². The van der Waals surface area contributed by atoms with Crippen LogP contribution in [-0.2, 0) is 0 Å². The first-order chi connectivity index (χ1) is 14.0. The number of aliphatic imine (C=N–C) groups is 1. The Bertz CT molecular complexity index is 910. The van der Waals surface area contributed by atoms with E-state index in [0.717, 1.165) is 42.8 Å². The molecule has 2 N–H and O–H groups in total. The molecule has 3 unspecified atom stereocenters. The summed E-state index contributed by atoms with van der Waals surface area (Å²) < 4.78 is -0.773. The van der Waals surface area contributed by atoms with Crippen LogP contribution in [0.5, 0.6) is 0 Å². The fourth-order valence-corrected chi connectivity index (χ4v) is 8.00. The minimum absolute atomic E-state index is 0.281. The highest BCUT2D eigenvalue weighted by atomic mass is 32.2. The normalized spacial score (nSPS) is 28.5. The molecule has 1 aromatic rings. The predicted octanol–water partition coefficient (Wildman–Crippen LogP) is 4.77. The van der Waals surface area contributed by atoms with E-state index in [-0.39, 0.29) is 11.8 Å². The summed E-state index contributed by atoms with van der Waals surface area (Å²) in [5, 5.41) is 29.8. The first-order valence-electron chi connectivity index (χ1n) is 9.99. The van der Waals surface area contributed by atoms with Crippen molar-refractivity contribution in [2.45, 2.75) is 49.7 Å². The molecule has 5 nitrogen and oxygen atoms in total. The molecule has 7 heteroatoms. The van der Waals surface area contributed by atoms with Crippen LogP contribution in [0.2, 0.25) is 0 Å². The molecule has 0 aromatic heterocycles. The fourth-order valence-electron chi connectivity index (χ4n) is 4.32. The molecule has 0 amide bonds. The topological polar surface area (TPSA) is 110 Å². The summed E-state index contributed by atoms with van der Waals surface area (Å²) in [5.41, 5.74) is 5.72. The monoisotopic (exact) mass is 423 g/mol. The lowest BCUT2D eigenvalue weighted by Gasteiger charge is -2.32. The van der Waals surface area contributed by atoms with E-state index in [1.807, 2.05) is 12.1 Å². The van der Waals surface area contributed by atoms with Crippen molar-refractivity contribution in [3.63, 3.8) is 0 Å². The van der Waals surface area contributed by atoms with Crippen LogP contribution in [0.1, 0.15) is 56.6 Å². The summed E-state index contributed by atoms with van der Waals surface area (Å²) in [6.45, 7) is 4.28. The average molecular weight is 424 g/mol. The second-order valence-corrected chi connectivity index (χ2v) is 10.3. The van der Waals surface area contributed by atoms with Crippen molar-refractivity contribution >= 4 is 29.4 Å². The number of hydrogen-bond acceptors (Lipinski definition) is 7. The number of nitriles is 3. The number of thioether (sulfide) groups is 2. The van der Waals surface area contributed by atoms with E-state index in [2.05, 4.69) is 32.1 Å². The van der Waals surface area contributed by atoms with Crippen LogP contribution >= 0.6 is 23.5 Å². The van der Waals surface area contributed by atoms with Crippen molar-refractivity contribution in [1.29, 1.82) is 15.8 Å². The lowest BCUT2D eigenvalue weighted by molar-refractivity contribution is 0.562. The average Bonchev–Trinajstić information content (AvgIpc) is 3.32. The maximum atomic E-state index is 10.5. The molecule has 3 rings (SSSR count). The number of nitrogens with two attached hydrogens (primary N) is 1. The maximum Gasteiger partial charge on any atom is 0.175 e. The molecule has 1 aliphatic carbocycles. The van der Waals surface area contributed by atoms with Gasteiger partial charge in [-0.25, -0.2) is 4.99 Å². The van der Waals surface area contributed by atoms with Crippen molar-refractivity contribution in [3.05, 3.63) is 35.4 Å². The van der Waals surface area contributed by atoms with Gasteiger partial charge < -0.3 is 5.73 Å². The molecular weight excluding hydrogens is 398 g/mol. The van der Waals surface area contributed by atoms with Crippen molar-refractivity contribution in [2.24, 2.45) is 21.6 Å². The van der Waals surface area contributed by atoms with Gasteiger partial charge in [0.2, 0.25) is 0 Å². The third kappa shape index (κ3) is 2.93. The Morgan fingerprint density at radius 1 is 1.00 bits per heavy atom. The fraction of sp³-hybridized carbons (Fsp3) is 0.545. The zero-order chi connectivity index (χ0) is 21.1. The Morgan fingerprint density at radius 3 is 2.03 bits per heavy atom. The second-order valence-electron chi connectivity index (χ2n) is 7.49. The van der Waals surface area contributed by atoms with Gasteiger partial charge in [0.05, 0.1) is 23.8 Å². The van der Waals surface area contributed by atoms with Gasteiger partial charge in [-0.15, -0.1) is 23.5 Å². The minimum Gasteiger partial charge on any atom is -0.386 e. The lowest BCUT2D eigenvalue weighted by Crippen LogP contribution is -2.32. The summed E-state index contributed by atoms with van der Waals surface area (Å²) in [6.07, 6.45) is 4.17. The van der Waals surface area contributed by atoms with Gasteiger partial charge in [-0.05, 0) is 42.0 Å². The minimum atomic E-state index is -1.10. The highest BCUT2D eigenvalue weighted by molar-refractivity contribution is 8.18. The molecule has 29 heavy (non-hydrogen) atoms. The molecule has 1 aliphatic heterocycles. The maximum absolute atomic E-state index is 10.5. The molecule has 1 fully saturated rings. The largest absolute Gasteiger partial charge is 0.386 e. The Balaban J connectivity index is 2.09. The van der Waals surface area contributed by atoms with Gasteiger partial charge in [-0.1, -0.05) is 38.8 Å². The number of benzene rings is 1. The molecule has 3 atom stereocenters. The second kappa shape index (κ2) is 8.31. The summed E-state index contributed by atoms with van der Waals surface area (Å²) in [4.78, 5) is 4.81. The summed E-state index contributed by atoms with van der Waals surface area (Å²) in [5.74, 6) is 1.69. The number of rotatable bonds is 9. The quantitative estimate of drug-likeness (QED) is 0.452. The first kappa shape index (κ1) is 21.6. The van der Waals surface area contributed by atoms with E-state index < -0.39 is 15.0 Å². The van der Waals surface area contributed by atoms with E-state index >= 15 is 0 Å². The van der Waals surface area contributed by atoms with Gasteiger partial charge in [0, 0.05) is 5.92 Å². The van der Waals surface area contributed by atoms with Crippen LogP contribution in [0.15, 0.2) is 29.3 Å². The Labute approximate surface area is 181 Å². The highest BCUT2D eigenvalue weighted by Crippen LogP contribution is 2.85. The number of unbranched alkanes of at least 4 members (excludes halogenated alkanes) is 2. The Kier molecular flexibility index (Phi) is 6.18. The van der Waals surface area contributed by atoms with Crippen molar-refractivity contribution < 1.29 is 0 Å². The van der Waals surface area contributed by atoms with E-state index in [1.165, 1.54) is 0 Å². The molecule has 0 bridgehead atoms. The van der Waals surface area contributed by atoms with E-state index in [1.54, 1.807) is 35.7 Å². The summed E-state index contributed by atoms with van der Waals surface area (Å²) in [7, 11) is 0. The molecule has 0 saturated heterocycles. The van der Waals surface area contributed by atoms with E-state index in [9.17, 15) is 10.5 Å². The van der Waals surface area contributed by atoms with Gasteiger partial charge in [0.25, 0.3) is 0 Å². The van der Waals surface area contributed by atoms with Gasteiger partial charge in [0.1, 0.15) is 16.7 Å². The van der Waals surface area contributed by atoms with Crippen molar-refractivity contribution in [1.82, 2.24) is 0 Å². The molecular formula is C22H25N5S2. The zero-order valence-corrected chi connectivity index (χ0v) is 18.4. The highest BCUT2D eigenvalue weighted by Gasteiger charge is 2.91. The third-order valence-electron chi connectivity index (χ3n) is 5.89.